The van der Waals surface area contributed by atoms with Crippen LogP contribution in [0.1, 0.15) is 0 Å². The Bertz CT molecular complexity index is 279. The average Bonchev–Trinajstić information content (AvgIpc) is 1.75. The highest BCUT2D eigenvalue weighted by Crippen LogP contribution is 2.38. The van der Waals surface area contributed by atoms with Crippen LogP contribution in [0.15, 0.2) is 11.1 Å². The number of rotatable bonds is 4. The molecule has 0 saturated heterocycles. The zero-order chi connectivity index (χ0) is 12.5. The van der Waals surface area contributed by atoms with Crippen LogP contribution in [0.25, 0.3) is 0 Å². The smallest absolute Gasteiger partial charge is 0.413 e. The molecule has 0 atom stereocenters. The van der Waals surface area contributed by atoms with Crippen molar-refractivity contribution in [3.05, 3.63) is 11.1 Å². The van der Waals surface area contributed by atoms with Crippen molar-refractivity contribution in [3.8, 4) is 0 Å². The van der Waals surface area contributed by atoms with Crippen LogP contribution in [0.4, 0.5) is 0 Å². The summed E-state index contributed by atoms with van der Waals surface area (Å²) in [7, 11) is -7.53. The summed E-state index contributed by atoms with van der Waals surface area (Å²) in [5.41, 5.74) is 0. The first-order valence-corrected chi connectivity index (χ1v) is 13.3. The third-order valence-electron chi connectivity index (χ3n) is 1.92. The van der Waals surface area contributed by atoms with E-state index >= 15 is 0 Å². The van der Waals surface area contributed by atoms with Gasteiger partial charge in [0.15, 0.2) is 0 Å². The molecule has 0 bridgehead atoms. The minimum absolute atomic E-state index is 1.14. The maximum absolute atomic E-state index is 10.6. The lowest BCUT2D eigenvalue weighted by atomic mass is 11.1. The summed E-state index contributed by atoms with van der Waals surface area (Å²) in [5, 5.41) is 0. The van der Waals surface area contributed by atoms with Crippen molar-refractivity contribution in [1.82, 2.24) is 0 Å². The monoisotopic (exact) mass is 268 g/mol. The van der Waals surface area contributed by atoms with Crippen LogP contribution in [-0.2, 0) is 9.09 Å². The van der Waals surface area contributed by atoms with E-state index in [2.05, 4.69) is 43.8 Å². The minimum Gasteiger partial charge on any atom is -0.413 e. The van der Waals surface area contributed by atoms with Crippen molar-refractivity contribution in [2.75, 3.05) is 0 Å². The van der Waals surface area contributed by atoms with Gasteiger partial charge in [0.25, 0.3) is 0 Å². The van der Waals surface area contributed by atoms with E-state index in [0.29, 0.717) is 0 Å². The molecule has 0 radical (unpaired) electrons. The number of phosphoric ester groups is 1. The molecule has 7 heteroatoms. The van der Waals surface area contributed by atoms with Crippen LogP contribution in [0.2, 0.25) is 39.3 Å². The van der Waals surface area contributed by atoms with Gasteiger partial charge in [0, 0.05) is 0 Å². The standard InChI is InChI=1S/C8H21O4PSi2/c1-14(2,3)8(15(4,5)6)7-12-13(9,10)11/h7H,1-6H3,(H2,9,10,11). The predicted octanol–water partition coefficient (Wildman–Crippen LogP) is 2.73. The summed E-state index contributed by atoms with van der Waals surface area (Å²) in [5.74, 6) is 0. The van der Waals surface area contributed by atoms with Crippen LogP contribution in [-0.4, -0.2) is 25.9 Å². The highest BCUT2D eigenvalue weighted by Gasteiger charge is 2.32. The molecule has 0 unspecified atom stereocenters. The van der Waals surface area contributed by atoms with Crippen LogP contribution in [0.3, 0.4) is 0 Å². The van der Waals surface area contributed by atoms with Gasteiger partial charge in [-0.15, -0.1) is 0 Å². The molecule has 0 aliphatic heterocycles. The van der Waals surface area contributed by atoms with Crippen LogP contribution < -0.4 is 0 Å². The molecule has 4 nitrogen and oxygen atoms in total. The van der Waals surface area contributed by atoms with Gasteiger partial charge in [-0.2, -0.15) is 0 Å². The predicted molar refractivity (Wildman–Crippen MR) is 67.9 cm³/mol. The normalized spacial score (nSPS) is 13.6. The zero-order valence-corrected chi connectivity index (χ0v) is 13.1. The molecule has 0 saturated carbocycles. The summed E-state index contributed by atoms with van der Waals surface area (Å²) in [6.07, 6.45) is 1.32. The molecule has 15 heavy (non-hydrogen) atoms. The Kier molecular flexibility index (Phi) is 4.59. The van der Waals surface area contributed by atoms with Crippen molar-refractivity contribution < 1.29 is 18.9 Å². The fourth-order valence-corrected chi connectivity index (χ4v) is 11.9. The largest absolute Gasteiger partial charge is 0.524 e. The first-order chi connectivity index (χ1) is 6.34. The number of phosphoric acid groups is 1. The van der Waals surface area contributed by atoms with E-state index in [1.165, 1.54) is 6.26 Å². The molecule has 2 N–H and O–H groups in total. The summed E-state index contributed by atoms with van der Waals surface area (Å²) in [4.78, 5) is 18.5. The van der Waals surface area contributed by atoms with E-state index in [1.807, 2.05) is 0 Å². The first kappa shape index (κ1) is 15.1. The Morgan fingerprint density at radius 2 is 1.40 bits per heavy atom. The summed E-state index contributed by atoms with van der Waals surface area (Å²) in [6, 6.07) is 0. The highest BCUT2D eigenvalue weighted by molar-refractivity contribution is 7.46. The third kappa shape index (κ3) is 6.32. The van der Waals surface area contributed by atoms with E-state index in [0.717, 1.165) is 4.82 Å². The van der Waals surface area contributed by atoms with Gasteiger partial charge in [-0.3, -0.25) is 9.79 Å². The van der Waals surface area contributed by atoms with Crippen molar-refractivity contribution >= 4 is 24.0 Å². The quantitative estimate of drug-likeness (QED) is 0.467. The Hall–Kier alpha value is 0.124. The van der Waals surface area contributed by atoms with Crippen molar-refractivity contribution in [2.45, 2.75) is 39.3 Å². The lowest BCUT2D eigenvalue weighted by Gasteiger charge is -2.30. The summed E-state index contributed by atoms with van der Waals surface area (Å²) < 4.78 is 15.2. The van der Waals surface area contributed by atoms with Crippen LogP contribution in [0.5, 0.6) is 0 Å². The molecule has 0 rings (SSSR count). The van der Waals surface area contributed by atoms with Gasteiger partial charge in [-0.05, 0) is 0 Å². The van der Waals surface area contributed by atoms with Crippen LogP contribution >= 0.6 is 7.82 Å². The maximum Gasteiger partial charge on any atom is 0.524 e. The molecule has 0 aliphatic rings. The van der Waals surface area contributed by atoms with Crippen molar-refractivity contribution in [3.63, 3.8) is 0 Å². The highest BCUT2D eigenvalue weighted by atomic mass is 31.2. The number of hydrogen-bond donors (Lipinski definition) is 2. The molecule has 0 aromatic rings. The summed E-state index contributed by atoms with van der Waals surface area (Å²) >= 11 is 0. The third-order valence-corrected chi connectivity index (χ3v) is 10.3. The fraction of sp³-hybridized carbons (Fsp3) is 0.750. The average molecular weight is 268 g/mol. The van der Waals surface area contributed by atoms with E-state index < -0.39 is 24.0 Å². The second-order valence-corrected chi connectivity index (χ2v) is 17.4. The summed E-state index contributed by atoms with van der Waals surface area (Å²) in [6.45, 7) is 12.9. The van der Waals surface area contributed by atoms with Gasteiger partial charge in [0.2, 0.25) is 0 Å². The van der Waals surface area contributed by atoms with E-state index in [1.54, 1.807) is 0 Å². The molecule has 0 fully saturated rings. The zero-order valence-electron chi connectivity index (χ0n) is 10.2. The molecular weight excluding hydrogens is 247 g/mol. The Morgan fingerprint density at radius 3 is 1.60 bits per heavy atom. The van der Waals surface area contributed by atoms with Gasteiger partial charge < -0.3 is 4.52 Å². The maximum atomic E-state index is 10.6. The van der Waals surface area contributed by atoms with Crippen LogP contribution in [0, 0.1) is 0 Å². The Morgan fingerprint density at radius 1 is 1.07 bits per heavy atom. The second-order valence-electron chi connectivity index (χ2n) is 5.63. The van der Waals surface area contributed by atoms with Gasteiger partial charge >= 0.3 is 7.82 Å². The molecule has 0 heterocycles. The Balaban J connectivity index is 5.07. The van der Waals surface area contributed by atoms with Gasteiger partial charge in [-0.25, -0.2) is 4.57 Å². The van der Waals surface area contributed by atoms with Crippen molar-refractivity contribution in [1.29, 1.82) is 0 Å². The topological polar surface area (TPSA) is 66.8 Å². The fourth-order valence-electron chi connectivity index (χ4n) is 1.60. The molecule has 0 spiro atoms. The van der Waals surface area contributed by atoms with E-state index in [-0.39, 0.29) is 0 Å². The van der Waals surface area contributed by atoms with Gasteiger partial charge in [-0.1, -0.05) is 44.1 Å². The molecule has 0 aromatic heterocycles. The molecule has 0 aliphatic carbocycles. The lowest BCUT2D eigenvalue weighted by Crippen LogP contribution is -2.40. The van der Waals surface area contributed by atoms with E-state index in [4.69, 9.17) is 9.79 Å². The molecule has 0 aromatic carbocycles. The molecule has 90 valence electrons. The molecular formula is C8H21O4PSi2. The van der Waals surface area contributed by atoms with E-state index in [9.17, 15) is 4.57 Å². The first-order valence-electron chi connectivity index (χ1n) is 4.79. The lowest BCUT2D eigenvalue weighted by molar-refractivity contribution is 0.258. The second kappa shape index (κ2) is 4.55. The van der Waals surface area contributed by atoms with Crippen molar-refractivity contribution in [2.24, 2.45) is 0 Å². The number of hydrogen-bond acceptors (Lipinski definition) is 2. The van der Waals surface area contributed by atoms with Gasteiger partial charge in [0.05, 0.1) is 22.4 Å². The SMILES string of the molecule is C[Si](C)(C)C(=COP(=O)(O)O)[Si](C)(C)C. The van der Waals surface area contributed by atoms with Gasteiger partial charge in [0.1, 0.15) is 0 Å². The minimum atomic E-state index is -4.39. The Labute approximate surface area is 93.6 Å². The molecule has 0 amide bonds.